The number of amides is 2. The van der Waals surface area contributed by atoms with Gasteiger partial charge in [0.25, 0.3) is 10.0 Å². The Labute approximate surface area is 211 Å². The standard InChI is InChI=1S/C27H30FN3O4S/c1-19-5-13-24(14-6-19)31(36(34,35)25-15-7-20(2)8-16-25)18-26(32)30(21(3)27(33)29-4)17-22-9-11-23(28)12-10-22/h5-16,21H,17-18H2,1-4H3,(H,29,33)/t21-/m0/s1. The number of aryl methyl sites for hydroxylation is 2. The zero-order valence-corrected chi connectivity index (χ0v) is 21.5. The van der Waals surface area contributed by atoms with Crippen LogP contribution in [0, 0.1) is 19.7 Å². The van der Waals surface area contributed by atoms with Crippen LogP contribution < -0.4 is 9.62 Å². The van der Waals surface area contributed by atoms with Crippen molar-refractivity contribution in [3.8, 4) is 0 Å². The van der Waals surface area contributed by atoms with E-state index in [0.29, 0.717) is 11.3 Å². The first-order valence-electron chi connectivity index (χ1n) is 11.4. The van der Waals surface area contributed by atoms with Gasteiger partial charge in [-0.1, -0.05) is 47.5 Å². The van der Waals surface area contributed by atoms with E-state index in [1.54, 1.807) is 43.3 Å². The van der Waals surface area contributed by atoms with Gasteiger partial charge in [-0.25, -0.2) is 12.8 Å². The number of anilines is 1. The number of benzene rings is 3. The Morgan fingerprint density at radius 3 is 1.94 bits per heavy atom. The van der Waals surface area contributed by atoms with Gasteiger partial charge < -0.3 is 10.2 Å². The molecule has 0 aromatic heterocycles. The van der Waals surface area contributed by atoms with Crippen molar-refractivity contribution in [3.05, 3.63) is 95.3 Å². The van der Waals surface area contributed by atoms with Crippen LogP contribution >= 0.6 is 0 Å². The van der Waals surface area contributed by atoms with Crippen LogP contribution in [0.4, 0.5) is 10.1 Å². The molecule has 3 aromatic rings. The van der Waals surface area contributed by atoms with Crippen LogP contribution in [0.3, 0.4) is 0 Å². The van der Waals surface area contributed by atoms with Gasteiger partial charge in [-0.05, 0) is 62.7 Å². The third-order valence-corrected chi connectivity index (χ3v) is 7.68. The lowest BCUT2D eigenvalue weighted by molar-refractivity contribution is -0.139. The third-order valence-electron chi connectivity index (χ3n) is 5.89. The first-order chi connectivity index (χ1) is 17.0. The number of rotatable bonds is 9. The van der Waals surface area contributed by atoms with Gasteiger partial charge >= 0.3 is 0 Å². The predicted molar refractivity (Wildman–Crippen MR) is 137 cm³/mol. The Morgan fingerprint density at radius 2 is 1.42 bits per heavy atom. The first kappa shape index (κ1) is 26.9. The maximum atomic E-state index is 13.7. The van der Waals surface area contributed by atoms with Crippen molar-refractivity contribution in [3.63, 3.8) is 0 Å². The lowest BCUT2D eigenvalue weighted by Gasteiger charge is -2.31. The maximum absolute atomic E-state index is 13.7. The second-order valence-corrected chi connectivity index (χ2v) is 10.5. The molecular weight excluding hydrogens is 481 g/mol. The number of carbonyl (C=O) groups is 2. The minimum Gasteiger partial charge on any atom is -0.357 e. The van der Waals surface area contributed by atoms with Crippen LogP contribution in [0.25, 0.3) is 0 Å². The molecule has 0 aliphatic rings. The molecule has 3 rings (SSSR count). The van der Waals surface area contributed by atoms with E-state index in [-0.39, 0.29) is 11.4 Å². The normalized spacial score (nSPS) is 12.0. The van der Waals surface area contributed by atoms with E-state index < -0.39 is 40.2 Å². The maximum Gasteiger partial charge on any atom is 0.264 e. The smallest absolute Gasteiger partial charge is 0.264 e. The van der Waals surface area contributed by atoms with Gasteiger partial charge in [0.15, 0.2) is 0 Å². The van der Waals surface area contributed by atoms with Crippen LogP contribution in [-0.4, -0.2) is 44.8 Å². The summed E-state index contributed by atoms with van der Waals surface area (Å²) in [5.74, 6) is -1.41. The van der Waals surface area contributed by atoms with Crippen molar-refractivity contribution in [2.75, 3.05) is 17.9 Å². The minimum atomic E-state index is -4.11. The summed E-state index contributed by atoms with van der Waals surface area (Å²) in [5.41, 5.74) is 2.76. The highest BCUT2D eigenvalue weighted by atomic mass is 32.2. The Balaban J connectivity index is 2.01. The van der Waals surface area contributed by atoms with Crippen molar-refractivity contribution < 1.29 is 22.4 Å². The third kappa shape index (κ3) is 6.28. The van der Waals surface area contributed by atoms with Crippen LogP contribution in [0.2, 0.25) is 0 Å². The average Bonchev–Trinajstić information content (AvgIpc) is 2.86. The Hall–Kier alpha value is -3.72. The quantitative estimate of drug-likeness (QED) is 0.474. The topological polar surface area (TPSA) is 86.8 Å². The van der Waals surface area contributed by atoms with Gasteiger partial charge in [0, 0.05) is 13.6 Å². The second-order valence-electron chi connectivity index (χ2n) is 8.60. The van der Waals surface area contributed by atoms with Crippen molar-refractivity contribution in [2.24, 2.45) is 0 Å². The van der Waals surface area contributed by atoms with Crippen molar-refractivity contribution in [1.29, 1.82) is 0 Å². The molecule has 0 saturated carbocycles. The predicted octanol–water partition coefficient (Wildman–Crippen LogP) is 3.80. The highest BCUT2D eigenvalue weighted by molar-refractivity contribution is 7.92. The summed E-state index contributed by atoms with van der Waals surface area (Å²) in [6.07, 6.45) is 0. The minimum absolute atomic E-state index is 0.0000170. The fraction of sp³-hybridized carbons (Fsp3) is 0.259. The highest BCUT2D eigenvalue weighted by Gasteiger charge is 2.32. The van der Waals surface area contributed by atoms with E-state index >= 15 is 0 Å². The van der Waals surface area contributed by atoms with Crippen LogP contribution in [-0.2, 0) is 26.2 Å². The zero-order chi connectivity index (χ0) is 26.5. The molecule has 9 heteroatoms. The Bertz CT molecular complexity index is 1310. The molecule has 0 aliphatic heterocycles. The molecule has 1 atom stereocenters. The molecule has 0 fully saturated rings. The molecule has 0 unspecified atom stereocenters. The summed E-state index contributed by atoms with van der Waals surface area (Å²) in [6.45, 7) is 4.77. The molecule has 0 saturated heterocycles. The summed E-state index contributed by atoms with van der Waals surface area (Å²) in [4.78, 5) is 27.4. The number of likely N-dealkylation sites (N-methyl/N-ethyl adjacent to an activating group) is 1. The van der Waals surface area contributed by atoms with E-state index in [2.05, 4.69) is 5.32 Å². The summed E-state index contributed by atoms with van der Waals surface area (Å²) >= 11 is 0. The Kier molecular flexibility index (Phi) is 8.47. The number of sulfonamides is 1. The van der Waals surface area contributed by atoms with Gasteiger partial charge in [-0.2, -0.15) is 0 Å². The number of hydrogen-bond acceptors (Lipinski definition) is 4. The number of nitrogens with zero attached hydrogens (tertiary/aromatic N) is 2. The number of carbonyl (C=O) groups excluding carboxylic acids is 2. The van der Waals surface area contributed by atoms with E-state index in [1.807, 2.05) is 13.8 Å². The summed E-state index contributed by atoms with van der Waals surface area (Å²) in [7, 11) is -2.65. The Morgan fingerprint density at radius 1 is 0.889 bits per heavy atom. The van der Waals surface area contributed by atoms with E-state index in [9.17, 15) is 22.4 Å². The van der Waals surface area contributed by atoms with Gasteiger partial charge in [0.05, 0.1) is 10.6 Å². The van der Waals surface area contributed by atoms with E-state index in [0.717, 1.165) is 15.4 Å². The number of halogens is 1. The van der Waals surface area contributed by atoms with E-state index in [4.69, 9.17) is 0 Å². The molecule has 0 bridgehead atoms. The highest BCUT2D eigenvalue weighted by Crippen LogP contribution is 2.25. The molecule has 190 valence electrons. The average molecular weight is 512 g/mol. The van der Waals surface area contributed by atoms with Crippen LogP contribution in [0.1, 0.15) is 23.6 Å². The van der Waals surface area contributed by atoms with Crippen molar-refractivity contribution in [1.82, 2.24) is 10.2 Å². The van der Waals surface area contributed by atoms with Gasteiger partial charge in [0.1, 0.15) is 18.4 Å². The van der Waals surface area contributed by atoms with Crippen molar-refractivity contribution >= 4 is 27.5 Å². The fourth-order valence-corrected chi connectivity index (χ4v) is 5.07. The van der Waals surface area contributed by atoms with Gasteiger partial charge in [-0.3, -0.25) is 13.9 Å². The number of nitrogens with one attached hydrogen (secondary N) is 1. The monoisotopic (exact) mass is 511 g/mol. The molecule has 0 spiro atoms. The largest absolute Gasteiger partial charge is 0.357 e. The van der Waals surface area contributed by atoms with Crippen LogP contribution in [0.15, 0.2) is 77.7 Å². The van der Waals surface area contributed by atoms with Crippen LogP contribution in [0.5, 0.6) is 0 Å². The molecule has 0 radical (unpaired) electrons. The van der Waals surface area contributed by atoms with Gasteiger partial charge in [-0.15, -0.1) is 0 Å². The SMILES string of the molecule is CNC(=O)[C@H](C)N(Cc1ccc(F)cc1)C(=O)CN(c1ccc(C)cc1)S(=O)(=O)c1ccc(C)cc1. The van der Waals surface area contributed by atoms with E-state index in [1.165, 1.54) is 48.3 Å². The molecule has 1 N–H and O–H groups in total. The fourth-order valence-electron chi connectivity index (χ4n) is 3.66. The molecule has 0 heterocycles. The second kappa shape index (κ2) is 11.3. The zero-order valence-electron chi connectivity index (χ0n) is 20.7. The summed E-state index contributed by atoms with van der Waals surface area (Å²) in [6, 6.07) is 17.9. The lowest BCUT2D eigenvalue weighted by Crippen LogP contribution is -2.50. The molecule has 0 aliphatic carbocycles. The molecule has 2 amide bonds. The van der Waals surface area contributed by atoms with Gasteiger partial charge in [0.2, 0.25) is 11.8 Å². The summed E-state index contributed by atoms with van der Waals surface area (Å²) in [5, 5.41) is 2.52. The molecule has 3 aromatic carbocycles. The molecular formula is C27H30FN3O4S. The molecule has 7 nitrogen and oxygen atoms in total. The summed E-state index contributed by atoms with van der Waals surface area (Å²) < 4.78 is 41.8. The lowest BCUT2D eigenvalue weighted by atomic mass is 10.1. The number of hydrogen-bond donors (Lipinski definition) is 1. The van der Waals surface area contributed by atoms with Crippen molar-refractivity contribution in [2.45, 2.75) is 38.3 Å². The first-order valence-corrected chi connectivity index (χ1v) is 12.9. The molecule has 36 heavy (non-hydrogen) atoms.